The molecular weight excluding hydrogens is 132 g/mol. The fraction of sp³-hybridized carbons (Fsp3) is 0.818. The lowest BCUT2D eigenvalue weighted by molar-refractivity contribution is 0.398. The van der Waals surface area contributed by atoms with E-state index in [4.69, 9.17) is 0 Å². The molecule has 0 N–H and O–H groups in total. The summed E-state index contributed by atoms with van der Waals surface area (Å²) in [4.78, 5) is 0. The lowest BCUT2D eigenvalue weighted by atomic mass is 9.86. The van der Waals surface area contributed by atoms with Gasteiger partial charge in [-0.2, -0.15) is 0 Å². The maximum Gasteiger partial charge on any atom is -0.0274 e. The van der Waals surface area contributed by atoms with Gasteiger partial charge in [-0.1, -0.05) is 46.8 Å². The van der Waals surface area contributed by atoms with E-state index in [9.17, 15) is 0 Å². The lowest BCUT2D eigenvalue weighted by Gasteiger charge is -2.20. The van der Waals surface area contributed by atoms with Crippen LogP contribution in [-0.2, 0) is 0 Å². The van der Waals surface area contributed by atoms with Crippen LogP contribution in [0.3, 0.4) is 0 Å². The van der Waals surface area contributed by atoms with E-state index in [1.807, 2.05) is 0 Å². The largest absolute Gasteiger partial charge is 0.0998 e. The average molecular weight is 154 g/mol. The van der Waals surface area contributed by atoms with Crippen molar-refractivity contribution in [3.8, 4) is 0 Å². The van der Waals surface area contributed by atoms with E-state index in [-0.39, 0.29) is 0 Å². The molecular formula is C11H22. The van der Waals surface area contributed by atoms with Crippen molar-refractivity contribution in [2.24, 2.45) is 11.3 Å². The molecule has 0 aromatic carbocycles. The summed E-state index contributed by atoms with van der Waals surface area (Å²) in [6.07, 6.45) is 2.34. The molecule has 0 atom stereocenters. The molecule has 11 heavy (non-hydrogen) atoms. The Hall–Kier alpha value is -0.260. The van der Waals surface area contributed by atoms with Gasteiger partial charge in [-0.25, -0.2) is 0 Å². The molecule has 0 unspecified atom stereocenters. The number of allylic oxidation sites excluding steroid dienone is 1. The Morgan fingerprint density at radius 3 is 2.00 bits per heavy atom. The van der Waals surface area contributed by atoms with Gasteiger partial charge in [0, 0.05) is 0 Å². The average Bonchev–Trinajstić information content (AvgIpc) is 1.53. The maximum absolute atomic E-state index is 4.08. The Morgan fingerprint density at radius 2 is 1.73 bits per heavy atom. The smallest absolute Gasteiger partial charge is 0.0274 e. The molecule has 66 valence electrons. The summed E-state index contributed by atoms with van der Waals surface area (Å²) in [5.41, 5.74) is 1.80. The van der Waals surface area contributed by atoms with E-state index in [2.05, 4.69) is 41.2 Å². The highest BCUT2D eigenvalue weighted by Gasteiger charge is 2.12. The predicted octanol–water partition coefficient (Wildman–Crippen LogP) is 4.02. The van der Waals surface area contributed by atoms with E-state index >= 15 is 0 Å². The summed E-state index contributed by atoms with van der Waals surface area (Å²) in [6, 6.07) is 0. The van der Waals surface area contributed by atoms with Crippen molar-refractivity contribution < 1.29 is 0 Å². The molecule has 0 bridgehead atoms. The van der Waals surface area contributed by atoms with E-state index in [0.717, 1.165) is 12.3 Å². The van der Waals surface area contributed by atoms with Gasteiger partial charge < -0.3 is 0 Å². The zero-order chi connectivity index (χ0) is 9.07. The van der Waals surface area contributed by atoms with Crippen LogP contribution in [0, 0.1) is 11.3 Å². The van der Waals surface area contributed by atoms with Crippen LogP contribution in [0.2, 0.25) is 0 Å². The topological polar surface area (TPSA) is 0 Å². The second-order valence-corrected chi connectivity index (χ2v) is 5.09. The van der Waals surface area contributed by atoms with Gasteiger partial charge in [-0.05, 0) is 24.2 Å². The third-order valence-corrected chi connectivity index (χ3v) is 1.48. The molecule has 0 radical (unpaired) electrons. The molecule has 0 aromatic heterocycles. The minimum atomic E-state index is 0.409. The number of hydrogen-bond acceptors (Lipinski definition) is 0. The Balaban J connectivity index is 3.71. The van der Waals surface area contributed by atoms with Crippen LogP contribution in [0.25, 0.3) is 0 Å². The lowest BCUT2D eigenvalue weighted by Crippen LogP contribution is -2.06. The summed E-state index contributed by atoms with van der Waals surface area (Å²) in [6.45, 7) is 15.4. The Bertz CT molecular complexity index is 123. The van der Waals surface area contributed by atoms with Crippen LogP contribution < -0.4 is 0 Å². The van der Waals surface area contributed by atoms with Crippen LogP contribution in [0.5, 0.6) is 0 Å². The molecule has 0 nitrogen and oxygen atoms in total. The van der Waals surface area contributed by atoms with Gasteiger partial charge in [0.15, 0.2) is 0 Å². The van der Waals surface area contributed by atoms with Crippen LogP contribution in [-0.4, -0.2) is 0 Å². The second-order valence-electron chi connectivity index (χ2n) is 5.09. The molecule has 0 saturated carbocycles. The molecule has 0 amide bonds. The summed E-state index contributed by atoms with van der Waals surface area (Å²) in [5.74, 6) is 0.754. The van der Waals surface area contributed by atoms with E-state index in [0.29, 0.717) is 5.41 Å². The van der Waals surface area contributed by atoms with Crippen molar-refractivity contribution in [3.05, 3.63) is 12.2 Å². The summed E-state index contributed by atoms with van der Waals surface area (Å²) in [5, 5.41) is 0. The molecule has 0 saturated heterocycles. The van der Waals surface area contributed by atoms with Crippen LogP contribution in [0.1, 0.15) is 47.5 Å². The Labute approximate surface area is 71.7 Å². The first-order valence-electron chi connectivity index (χ1n) is 4.48. The molecule has 0 aliphatic heterocycles. The minimum Gasteiger partial charge on any atom is -0.0998 e. The highest BCUT2D eigenvalue weighted by Crippen LogP contribution is 2.26. The maximum atomic E-state index is 4.08. The predicted molar refractivity (Wildman–Crippen MR) is 52.7 cm³/mol. The second kappa shape index (κ2) is 3.94. The van der Waals surface area contributed by atoms with Crippen LogP contribution in [0.15, 0.2) is 12.2 Å². The zero-order valence-corrected chi connectivity index (χ0v) is 8.70. The molecule has 0 heteroatoms. The van der Waals surface area contributed by atoms with Crippen molar-refractivity contribution in [3.63, 3.8) is 0 Å². The molecule has 0 rings (SSSR count). The van der Waals surface area contributed by atoms with Gasteiger partial charge in [0.05, 0.1) is 0 Å². The van der Waals surface area contributed by atoms with Crippen molar-refractivity contribution in [2.75, 3.05) is 0 Å². The van der Waals surface area contributed by atoms with Crippen molar-refractivity contribution in [1.29, 1.82) is 0 Å². The van der Waals surface area contributed by atoms with Crippen molar-refractivity contribution in [2.45, 2.75) is 47.5 Å². The van der Waals surface area contributed by atoms with Gasteiger partial charge in [0.2, 0.25) is 0 Å². The van der Waals surface area contributed by atoms with Crippen LogP contribution in [0.4, 0.5) is 0 Å². The molecule has 0 aliphatic rings. The number of rotatable bonds is 3. The standard InChI is InChI=1S/C11H22/c1-9(2)7-10(3)8-11(4,5)6/h9H,3,7-8H2,1-2,4-6H3. The minimum absolute atomic E-state index is 0.409. The van der Waals surface area contributed by atoms with Crippen LogP contribution >= 0.6 is 0 Å². The molecule has 0 fully saturated rings. The summed E-state index contributed by atoms with van der Waals surface area (Å²) >= 11 is 0. The first-order valence-corrected chi connectivity index (χ1v) is 4.48. The van der Waals surface area contributed by atoms with E-state index in [1.54, 1.807) is 0 Å². The van der Waals surface area contributed by atoms with Crippen molar-refractivity contribution in [1.82, 2.24) is 0 Å². The van der Waals surface area contributed by atoms with Gasteiger partial charge in [-0.3, -0.25) is 0 Å². The normalized spacial score (nSPS) is 12.2. The van der Waals surface area contributed by atoms with Gasteiger partial charge in [-0.15, -0.1) is 0 Å². The van der Waals surface area contributed by atoms with E-state index < -0.39 is 0 Å². The number of hydrogen-bond donors (Lipinski definition) is 0. The van der Waals surface area contributed by atoms with Crippen molar-refractivity contribution >= 4 is 0 Å². The Morgan fingerprint density at radius 1 is 1.27 bits per heavy atom. The van der Waals surface area contributed by atoms with Gasteiger partial charge >= 0.3 is 0 Å². The molecule has 0 spiro atoms. The fourth-order valence-corrected chi connectivity index (χ4v) is 1.40. The van der Waals surface area contributed by atoms with Gasteiger partial charge in [0.25, 0.3) is 0 Å². The van der Waals surface area contributed by atoms with E-state index in [1.165, 1.54) is 12.0 Å². The highest BCUT2D eigenvalue weighted by molar-refractivity contribution is 4.97. The fourth-order valence-electron chi connectivity index (χ4n) is 1.40. The SMILES string of the molecule is C=C(CC(C)C)CC(C)(C)C. The summed E-state index contributed by atoms with van der Waals surface area (Å²) in [7, 11) is 0. The quantitative estimate of drug-likeness (QED) is 0.538. The molecule has 0 heterocycles. The third-order valence-electron chi connectivity index (χ3n) is 1.48. The summed E-state index contributed by atoms with van der Waals surface area (Å²) < 4.78 is 0. The molecule has 0 aliphatic carbocycles. The first-order chi connectivity index (χ1) is 4.81. The third kappa shape index (κ3) is 7.64. The Kier molecular flexibility index (Phi) is 3.85. The monoisotopic (exact) mass is 154 g/mol. The first kappa shape index (κ1) is 10.7. The van der Waals surface area contributed by atoms with Gasteiger partial charge in [0.1, 0.15) is 0 Å². The zero-order valence-electron chi connectivity index (χ0n) is 8.70. The molecule has 0 aromatic rings. The highest BCUT2D eigenvalue weighted by atomic mass is 14.2.